The lowest BCUT2D eigenvalue weighted by molar-refractivity contribution is 0.0984. The second-order valence-corrected chi connectivity index (χ2v) is 5.45. The van der Waals surface area contributed by atoms with Gasteiger partial charge in [0.2, 0.25) is 0 Å². The molecule has 3 rings (SSSR count). The van der Waals surface area contributed by atoms with Crippen LogP contribution in [0.5, 0.6) is 0 Å². The molecule has 0 saturated carbocycles. The Morgan fingerprint density at radius 3 is 2.80 bits per heavy atom. The Morgan fingerprint density at radius 2 is 2.10 bits per heavy atom. The molecule has 0 bridgehead atoms. The highest BCUT2D eigenvalue weighted by atomic mass is 16.2. The van der Waals surface area contributed by atoms with E-state index >= 15 is 0 Å². The van der Waals surface area contributed by atoms with Crippen molar-refractivity contribution in [2.75, 3.05) is 11.4 Å². The molecule has 1 aromatic carbocycles. The molecule has 1 amide bonds. The molecule has 1 N–H and O–H groups in total. The molecule has 2 aromatic rings. The molecule has 0 saturated heterocycles. The summed E-state index contributed by atoms with van der Waals surface area (Å²) in [6.45, 7) is 6.62. The summed E-state index contributed by atoms with van der Waals surface area (Å²) in [6, 6.07) is 6.26. The lowest BCUT2D eigenvalue weighted by atomic mass is 9.97. The van der Waals surface area contributed by atoms with Crippen LogP contribution in [0.3, 0.4) is 0 Å². The van der Waals surface area contributed by atoms with Crippen molar-refractivity contribution < 1.29 is 4.79 Å². The van der Waals surface area contributed by atoms with Gasteiger partial charge in [0.25, 0.3) is 5.91 Å². The highest BCUT2D eigenvalue weighted by Gasteiger charge is 2.27. The zero-order valence-electron chi connectivity index (χ0n) is 12.2. The Kier molecular flexibility index (Phi) is 3.08. The number of carbonyl (C=O) groups excluding carboxylic acids is 1. The molecule has 104 valence electrons. The molecular weight excluding hydrogens is 250 g/mol. The van der Waals surface area contributed by atoms with E-state index in [2.05, 4.69) is 35.3 Å². The molecule has 0 unspecified atom stereocenters. The van der Waals surface area contributed by atoms with Gasteiger partial charge in [0, 0.05) is 12.2 Å². The van der Waals surface area contributed by atoms with Crippen molar-refractivity contribution >= 4 is 11.6 Å². The van der Waals surface area contributed by atoms with Gasteiger partial charge in [0.05, 0.1) is 16.9 Å². The van der Waals surface area contributed by atoms with Crippen LogP contribution in [0.1, 0.15) is 39.3 Å². The van der Waals surface area contributed by atoms with E-state index in [0.29, 0.717) is 5.56 Å². The van der Waals surface area contributed by atoms with Gasteiger partial charge >= 0.3 is 0 Å². The van der Waals surface area contributed by atoms with Gasteiger partial charge in [-0.3, -0.25) is 9.89 Å². The van der Waals surface area contributed by atoms with Crippen LogP contribution in [0.15, 0.2) is 18.2 Å². The van der Waals surface area contributed by atoms with Gasteiger partial charge in [0.1, 0.15) is 0 Å². The smallest absolute Gasteiger partial charge is 0.262 e. The maximum Gasteiger partial charge on any atom is 0.262 e. The fourth-order valence-corrected chi connectivity index (χ4v) is 3.05. The van der Waals surface area contributed by atoms with Crippen LogP contribution >= 0.6 is 0 Å². The predicted molar refractivity (Wildman–Crippen MR) is 79.2 cm³/mol. The van der Waals surface area contributed by atoms with Gasteiger partial charge in [0.15, 0.2) is 0 Å². The second-order valence-electron chi connectivity index (χ2n) is 5.45. The average molecular weight is 269 g/mol. The van der Waals surface area contributed by atoms with Crippen molar-refractivity contribution in [2.24, 2.45) is 0 Å². The van der Waals surface area contributed by atoms with E-state index in [9.17, 15) is 4.79 Å². The van der Waals surface area contributed by atoms with E-state index in [1.807, 2.05) is 18.7 Å². The number of benzene rings is 1. The molecule has 0 fully saturated rings. The summed E-state index contributed by atoms with van der Waals surface area (Å²) in [5.41, 5.74) is 5.84. The largest absolute Gasteiger partial charge is 0.308 e. The zero-order chi connectivity index (χ0) is 14.3. The fraction of sp³-hybridized carbons (Fsp3) is 0.375. The molecule has 1 aliphatic rings. The minimum Gasteiger partial charge on any atom is -0.308 e. The molecule has 4 nitrogen and oxygen atoms in total. The number of hydrogen-bond donors (Lipinski definition) is 1. The van der Waals surface area contributed by atoms with Crippen LogP contribution in [-0.2, 0) is 6.42 Å². The van der Waals surface area contributed by atoms with Crippen LogP contribution in [-0.4, -0.2) is 22.6 Å². The predicted octanol–water partition coefficient (Wildman–Crippen LogP) is 2.93. The summed E-state index contributed by atoms with van der Waals surface area (Å²) in [5.74, 6) is 0.0593. The van der Waals surface area contributed by atoms with Gasteiger partial charge in [-0.25, -0.2) is 0 Å². The van der Waals surface area contributed by atoms with Crippen molar-refractivity contribution in [1.29, 1.82) is 0 Å². The van der Waals surface area contributed by atoms with Crippen molar-refractivity contribution in [2.45, 2.75) is 33.6 Å². The standard InChI is InChI=1S/C16H19N3O/c1-10-6-4-7-13-8-5-9-19(15(10)13)16(20)14-11(2)17-18-12(14)3/h4,6-7H,5,8-9H2,1-3H3,(H,17,18). The van der Waals surface area contributed by atoms with Crippen LogP contribution in [0.25, 0.3) is 0 Å². The van der Waals surface area contributed by atoms with Crippen molar-refractivity contribution in [1.82, 2.24) is 10.2 Å². The Morgan fingerprint density at radius 1 is 1.30 bits per heavy atom. The fourth-order valence-electron chi connectivity index (χ4n) is 3.05. The number of amides is 1. The normalized spacial score (nSPS) is 14.2. The Hall–Kier alpha value is -2.10. The molecule has 0 aliphatic carbocycles. The Labute approximate surface area is 118 Å². The van der Waals surface area contributed by atoms with Crippen molar-refractivity contribution in [3.63, 3.8) is 0 Å². The first kappa shape index (κ1) is 12.9. The van der Waals surface area contributed by atoms with E-state index in [1.165, 1.54) is 5.56 Å². The molecule has 1 aliphatic heterocycles. The summed E-state index contributed by atoms with van der Waals surface area (Å²) in [6.07, 6.45) is 2.06. The number of H-pyrrole nitrogens is 1. The van der Waals surface area contributed by atoms with Gasteiger partial charge in [-0.05, 0) is 44.7 Å². The number of nitrogens with zero attached hydrogens (tertiary/aromatic N) is 2. The van der Waals surface area contributed by atoms with E-state index in [0.717, 1.165) is 42.0 Å². The molecule has 0 radical (unpaired) electrons. The number of nitrogens with one attached hydrogen (secondary N) is 1. The van der Waals surface area contributed by atoms with Crippen molar-refractivity contribution in [3.8, 4) is 0 Å². The number of aryl methyl sites for hydroxylation is 4. The highest BCUT2D eigenvalue weighted by Crippen LogP contribution is 2.32. The summed E-state index contributed by atoms with van der Waals surface area (Å²) in [4.78, 5) is 14.8. The highest BCUT2D eigenvalue weighted by molar-refractivity contribution is 6.08. The third-order valence-electron chi connectivity index (χ3n) is 4.01. The number of para-hydroxylation sites is 1. The van der Waals surface area contributed by atoms with Crippen molar-refractivity contribution in [3.05, 3.63) is 46.3 Å². The lowest BCUT2D eigenvalue weighted by Crippen LogP contribution is -2.36. The number of carbonyl (C=O) groups is 1. The topological polar surface area (TPSA) is 49.0 Å². The number of fused-ring (bicyclic) bond motifs is 1. The SMILES string of the molecule is Cc1cccc2c1N(C(=O)c1c(C)n[nH]c1C)CCC2. The minimum atomic E-state index is 0.0593. The number of aromatic amines is 1. The molecule has 4 heteroatoms. The number of anilines is 1. The summed E-state index contributed by atoms with van der Waals surface area (Å²) < 4.78 is 0. The monoisotopic (exact) mass is 269 g/mol. The van der Waals surface area contributed by atoms with Gasteiger partial charge in [-0.2, -0.15) is 5.10 Å². The maximum absolute atomic E-state index is 12.9. The first-order valence-corrected chi connectivity index (χ1v) is 7.01. The lowest BCUT2D eigenvalue weighted by Gasteiger charge is -2.31. The van der Waals surface area contributed by atoms with Crippen LogP contribution < -0.4 is 4.90 Å². The van der Waals surface area contributed by atoms with E-state index in [1.54, 1.807) is 0 Å². The van der Waals surface area contributed by atoms with E-state index in [-0.39, 0.29) is 5.91 Å². The second kappa shape index (κ2) is 4.78. The van der Waals surface area contributed by atoms with Crippen LogP contribution in [0.4, 0.5) is 5.69 Å². The molecule has 0 atom stereocenters. The van der Waals surface area contributed by atoms with E-state index in [4.69, 9.17) is 0 Å². The average Bonchev–Trinajstić information content (AvgIpc) is 2.77. The number of aromatic nitrogens is 2. The minimum absolute atomic E-state index is 0.0593. The maximum atomic E-state index is 12.9. The van der Waals surface area contributed by atoms with Crippen LogP contribution in [0.2, 0.25) is 0 Å². The third kappa shape index (κ3) is 1.92. The third-order valence-corrected chi connectivity index (χ3v) is 4.01. The molecule has 20 heavy (non-hydrogen) atoms. The zero-order valence-corrected chi connectivity index (χ0v) is 12.2. The summed E-state index contributed by atoms with van der Waals surface area (Å²) >= 11 is 0. The molecule has 0 spiro atoms. The molecule has 2 heterocycles. The van der Waals surface area contributed by atoms with E-state index < -0.39 is 0 Å². The first-order valence-electron chi connectivity index (χ1n) is 7.01. The quantitative estimate of drug-likeness (QED) is 0.865. The number of hydrogen-bond acceptors (Lipinski definition) is 2. The van der Waals surface area contributed by atoms with Gasteiger partial charge in [-0.15, -0.1) is 0 Å². The first-order chi connectivity index (χ1) is 9.59. The summed E-state index contributed by atoms with van der Waals surface area (Å²) in [7, 11) is 0. The molecular formula is C16H19N3O. The van der Waals surface area contributed by atoms with Crippen LogP contribution in [0, 0.1) is 20.8 Å². The van der Waals surface area contributed by atoms with Gasteiger partial charge < -0.3 is 4.90 Å². The Balaban J connectivity index is 2.07. The van der Waals surface area contributed by atoms with Gasteiger partial charge in [-0.1, -0.05) is 18.2 Å². The molecule has 1 aromatic heterocycles. The summed E-state index contributed by atoms with van der Waals surface area (Å²) in [5, 5.41) is 7.04. The Bertz CT molecular complexity index is 653. The number of rotatable bonds is 1.